The van der Waals surface area contributed by atoms with Crippen molar-refractivity contribution in [1.82, 2.24) is 5.43 Å². The minimum absolute atomic E-state index is 0.524. The van der Waals surface area contributed by atoms with Crippen molar-refractivity contribution in [1.29, 1.82) is 0 Å². The molecule has 26 heavy (non-hydrogen) atoms. The number of anilines is 1. The van der Waals surface area contributed by atoms with Gasteiger partial charge in [-0.05, 0) is 55.3 Å². The molecule has 0 aliphatic carbocycles. The van der Waals surface area contributed by atoms with Crippen LogP contribution >= 0.6 is 0 Å². The van der Waals surface area contributed by atoms with Crippen LogP contribution in [0.5, 0.6) is 11.5 Å². The lowest BCUT2D eigenvalue weighted by atomic mass is 10.2. The summed E-state index contributed by atoms with van der Waals surface area (Å²) < 4.78 is 10.7. The summed E-state index contributed by atoms with van der Waals surface area (Å²) in [6, 6.07) is 12.4. The molecule has 2 rings (SSSR count). The Morgan fingerprint density at radius 1 is 1.12 bits per heavy atom. The van der Waals surface area contributed by atoms with Crippen LogP contribution in [0.2, 0.25) is 0 Å². The van der Waals surface area contributed by atoms with Crippen LogP contribution in [0.1, 0.15) is 18.1 Å². The van der Waals surface area contributed by atoms with Crippen molar-refractivity contribution in [3.8, 4) is 11.5 Å². The van der Waals surface area contributed by atoms with Gasteiger partial charge in [0.25, 0.3) is 0 Å². The molecule has 0 atom stereocenters. The van der Waals surface area contributed by atoms with Gasteiger partial charge in [0.2, 0.25) is 0 Å². The van der Waals surface area contributed by atoms with E-state index in [-0.39, 0.29) is 0 Å². The molecule has 0 saturated heterocycles. The first-order valence-electron chi connectivity index (χ1n) is 8.05. The van der Waals surface area contributed by atoms with E-state index in [0.717, 1.165) is 5.56 Å². The number of nitrogens with zero attached hydrogens (tertiary/aromatic N) is 1. The van der Waals surface area contributed by atoms with Crippen molar-refractivity contribution >= 4 is 23.7 Å². The molecule has 0 unspecified atom stereocenters. The zero-order chi connectivity index (χ0) is 18.9. The number of ether oxygens (including phenoxy) is 2. The predicted molar refractivity (Wildman–Crippen MR) is 99.7 cm³/mol. The fraction of sp³-hybridized carbons (Fsp3) is 0.211. The van der Waals surface area contributed by atoms with Crippen molar-refractivity contribution in [2.75, 3.05) is 19.0 Å². The third kappa shape index (κ3) is 5.34. The van der Waals surface area contributed by atoms with E-state index in [2.05, 4.69) is 15.8 Å². The van der Waals surface area contributed by atoms with Gasteiger partial charge in [0.05, 0.1) is 19.9 Å². The lowest BCUT2D eigenvalue weighted by Crippen LogP contribution is -2.32. The molecule has 2 N–H and O–H groups in total. The normalized spacial score (nSPS) is 10.4. The maximum atomic E-state index is 11.8. The standard InChI is InChI=1S/C19H21N3O4/c1-4-26-16-9-8-14(11-17(16)25-3)12-20-22-19(24)18(23)21-15-7-5-6-13(2)10-15/h5-12H,4H2,1-3H3,(H,21,23)(H,22,24)/b20-12-. The molecule has 0 bridgehead atoms. The zero-order valence-electron chi connectivity index (χ0n) is 14.9. The van der Waals surface area contributed by atoms with Gasteiger partial charge in [0.15, 0.2) is 11.5 Å². The topological polar surface area (TPSA) is 89.0 Å². The van der Waals surface area contributed by atoms with Crippen LogP contribution in [0, 0.1) is 6.92 Å². The zero-order valence-corrected chi connectivity index (χ0v) is 14.9. The Morgan fingerprint density at radius 2 is 1.92 bits per heavy atom. The van der Waals surface area contributed by atoms with Crippen LogP contribution in [0.3, 0.4) is 0 Å². The van der Waals surface area contributed by atoms with E-state index < -0.39 is 11.8 Å². The number of carbonyl (C=O) groups excluding carboxylic acids is 2. The molecular formula is C19H21N3O4. The third-order valence-electron chi connectivity index (χ3n) is 3.35. The monoisotopic (exact) mass is 355 g/mol. The number of amides is 2. The van der Waals surface area contributed by atoms with Crippen LogP contribution < -0.4 is 20.2 Å². The van der Waals surface area contributed by atoms with E-state index in [0.29, 0.717) is 29.4 Å². The average molecular weight is 355 g/mol. The number of hydrogen-bond donors (Lipinski definition) is 2. The van der Waals surface area contributed by atoms with E-state index in [1.165, 1.54) is 13.3 Å². The van der Waals surface area contributed by atoms with Gasteiger partial charge in [-0.1, -0.05) is 12.1 Å². The SMILES string of the molecule is CCOc1ccc(/C=N\NC(=O)C(=O)Nc2cccc(C)c2)cc1OC. The molecule has 0 spiro atoms. The highest BCUT2D eigenvalue weighted by Crippen LogP contribution is 2.27. The van der Waals surface area contributed by atoms with Gasteiger partial charge < -0.3 is 14.8 Å². The Balaban J connectivity index is 1.94. The molecular weight excluding hydrogens is 334 g/mol. The van der Waals surface area contributed by atoms with E-state index in [1.807, 2.05) is 19.9 Å². The van der Waals surface area contributed by atoms with Crippen LogP contribution in [-0.2, 0) is 9.59 Å². The van der Waals surface area contributed by atoms with Crippen molar-refractivity contribution in [2.45, 2.75) is 13.8 Å². The van der Waals surface area contributed by atoms with Gasteiger partial charge in [0.1, 0.15) is 0 Å². The Morgan fingerprint density at radius 3 is 2.62 bits per heavy atom. The number of rotatable bonds is 6. The summed E-state index contributed by atoms with van der Waals surface area (Å²) >= 11 is 0. The number of hydrogen-bond acceptors (Lipinski definition) is 5. The molecule has 0 aliphatic rings. The van der Waals surface area contributed by atoms with Gasteiger partial charge in [0, 0.05) is 5.69 Å². The molecule has 0 heterocycles. The highest BCUT2D eigenvalue weighted by Gasteiger charge is 2.12. The number of methoxy groups -OCH3 is 1. The highest BCUT2D eigenvalue weighted by molar-refractivity contribution is 6.39. The van der Waals surface area contributed by atoms with Crippen LogP contribution in [-0.4, -0.2) is 31.7 Å². The fourth-order valence-corrected chi connectivity index (χ4v) is 2.17. The number of nitrogens with one attached hydrogen (secondary N) is 2. The second kappa shape index (κ2) is 9.22. The lowest BCUT2D eigenvalue weighted by molar-refractivity contribution is -0.136. The molecule has 0 aliphatic heterocycles. The van der Waals surface area contributed by atoms with Crippen molar-refractivity contribution in [3.05, 3.63) is 53.6 Å². The van der Waals surface area contributed by atoms with Crippen molar-refractivity contribution in [2.24, 2.45) is 5.10 Å². The molecule has 7 heteroatoms. The Bertz CT molecular complexity index is 818. The Labute approximate surface area is 152 Å². The van der Waals surface area contributed by atoms with E-state index in [4.69, 9.17) is 9.47 Å². The van der Waals surface area contributed by atoms with Gasteiger partial charge in [-0.25, -0.2) is 5.43 Å². The Kier molecular flexibility index (Phi) is 6.73. The summed E-state index contributed by atoms with van der Waals surface area (Å²) in [6.07, 6.45) is 1.41. The van der Waals surface area contributed by atoms with E-state index >= 15 is 0 Å². The molecule has 136 valence electrons. The molecule has 0 saturated carbocycles. The number of benzene rings is 2. The van der Waals surface area contributed by atoms with Gasteiger partial charge in [-0.3, -0.25) is 9.59 Å². The third-order valence-corrected chi connectivity index (χ3v) is 3.35. The number of aryl methyl sites for hydroxylation is 1. The largest absolute Gasteiger partial charge is 0.493 e. The number of carbonyl (C=O) groups is 2. The first-order valence-corrected chi connectivity index (χ1v) is 8.05. The average Bonchev–Trinajstić information content (AvgIpc) is 2.62. The molecule has 7 nitrogen and oxygen atoms in total. The maximum absolute atomic E-state index is 11.8. The van der Waals surface area contributed by atoms with Gasteiger partial charge in [-0.15, -0.1) is 0 Å². The second-order valence-corrected chi connectivity index (χ2v) is 5.37. The quantitative estimate of drug-likeness (QED) is 0.473. The summed E-state index contributed by atoms with van der Waals surface area (Å²) in [4.78, 5) is 23.7. The minimum Gasteiger partial charge on any atom is -0.493 e. The van der Waals surface area contributed by atoms with Crippen molar-refractivity contribution in [3.63, 3.8) is 0 Å². The van der Waals surface area contributed by atoms with E-state index in [1.54, 1.807) is 36.4 Å². The molecule has 2 amide bonds. The first kappa shape index (κ1) is 19.0. The van der Waals surface area contributed by atoms with Crippen LogP contribution in [0.25, 0.3) is 0 Å². The van der Waals surface area contributed by atoms with Gasteiger partial charge in [-0.2, -0.15) is 5.10 Å². The summed E-state index contributed by atoms with van der Waals surface area (Å²) in [6.45, 7) is 4.30. The predicted octanol–water partition coefficient (Wildman–Crippen LogP) is 2.49. The summed E-state index contributed by atoms with van der Waals surface area (Å²) in [5.74, 6) is -0.481. The molecule has 0 fully saturated rings. The lowest BCUT2D eigenvalue weighted by Gasteiger charge is -2.09. The van der Waals surface area contributed by atoms with E-state index in [9.17, 15) is 9.59 Å². The molecule has 2 aromatic rings. The second-order valence-electron chi connectivity index (χ2n) is 5.37. The highest BCUT2D eigenvalue weighted by atomic mass is 16.5. The number of hydrazone groups is 1. The smallest absolute Gasteiger partial charge is 0.329 e. The molecule has 0 radical (unpaired) electrons. The molecule has 2 aromatic carbocycles. The van der Waals surface area contributed by atoms with Crippen molar-refractivity contribution < 1.29 is 19.1 Å². The summed E-state index contributed by atoms with van der Waals surface area (Å²) in [7, 11) is 1.54. The summed E-state index contributed by atoms with van der Waals surface area (Å²) in [5, 5.41) is 6.30. The first-order chi connectivity index (χ1) is 12.5. The molecule has 0 aromatic heterocycles. The Hall–Kier alpha value is -3.35. The van der Waals surface area contributed by atoms with Gasteiger partial charge >= 0.3 is 11.8 Å². The van der Waals surface area contributed by atoms with Crippen LogP contribution in [0.4, 0.5) is 5.69 Å². The maximum Gasteiger partial charge on any atom is 0.329 e. The fourth-order valence-electron chi connectivity index (χ4n) is 2.17. The van der Waals surface area contributed by atoms with Crippen LogP contribution in [0.15, 0.2) is 47.6 Å². The minimum atomic E-state index is -0.861. The summed E-state index contributed by atoms with van der Waals surface area (Å²) in [5.41, 5.74) is 4.40.